The zero-order valence-electron chi connectivity index (χ0n) is 15.5. The van der Waals surface area contributed by atoms with Crippen molar-refractivity contribution in [2.24, 2.45) is 0 Å². The fraction of sp³-hybridized carbons (Fsp3) is 0.182. The summed E-state index contributed by atoms with van der Waals surface area (Å²) in [6, 6.07) is 17.1. The molecule has 1 aliphatic heterocycles. The summed E-state index contributed by atoms with van der Waals surface area (Å²) in [5.74, 6) is -0.587. The summed E-state index contributed by atoms with van der Waals surface area (Å²) in [6.07, 6.45) is -4.57. The molecule has 0 saturated carbocycles. The highest BCUT2D eigenvalue weighted by Crippen LogP contribution is 2.36. The highest BCUT2D eigenvalue weighted by Gasteiger charge is 2.50. The lowest BCUT2D eigenvalue weighted by molar-refractivity contribution is -0.139. The van der Waals surface area contributed by atoms with E-state index in [1.54, 1.807) is 19.1 Å². The Balaban J connectivity index is 1.73. The molecule has 0 spiro atoms. The minimum Gasteiger partial charge on any atom is -0.319 e. The van der Waals surface area contributed by atoms with Gasteiger partial charge < -0.3 is 5.32 Å². The summed E-state index contributed by atoms with van der Waals surface area (Å²) in [7, 11) is 0. The minimum atomic E-state index is -4.57. The molecule has 1 atom stereocenters. The average Bonchev–Trinajstić information content (AvgIpc) is 2.91. The molecule has 3 amide bonds. The van der Waals surface area contributed by atoms with Crippen LogP contribution in [0.25, 0.3) is 10.8 Å². The third-order valence-corrected chi connectivity index (χ3v) is 5.25. The molecule has 0 aromatic heterocycles. The van der Waals surface area contributed by atoms with Crippen LogP contribution in [0.2, 0.25) is 0 Å². The smallest absolute Gasteiger partial charge is 0.319 e. The number of halogens is 3. The van der Waals surface area contributed by atoms with Crippen molar-refractivity contribution in [3.8, 4) is 0 Å². The maximum absolute atomic E-state index is 13.3. The lowest BCUT2D eigenvalue weighted by atomic mass is 9.87. The summed E-state index contributed by atoms with van der Waals surface area (Å²) in [6.45, 7) is 1.12. The predicted octanol–water partition coefficient (Wildman–Crippen LogP) is 4.83. The van der Waals surface area contributed by atoms with Crippen LogP contribution in [0.15, 0.2) is 66.7 Å². The monoisotopic (exact) mass is 398 g/mol. The molecule has 1 N–H and O–H groups in total. The Labute approximate surface area is 164 Å². The molecule has 0 aliphatic carbocycles. The van der Waals surface area contributed by atoms with Crippen molar-refractivity contribution in [2.75, 3.05) is 0 Å². The Morgan fingerprint density at radius 2 is 1.59 bits per heavy atom. The number of nitrogens with one attached hydrogen (secondary N) is 1. The SMILES string of the molecule is C[C@]1(c2cccc3ccccc23)NC(=O)N(Cc2ccccc2C(F)(F)F)C1=O. The first kappa shape index (κ1) is 19.0. The molecule has 3 aromatic rings. The van der Waals surface area contributed by atoms with Gasteiger partial charge in [-0.15, -0.1) is 0 Å². The van der Waals surface area contributed by atoms with Crippen LogP contribution in [-0.4, -0.2) is 16.8 Å². The third-order valence-electron chi connectivity index (χ3n) is 5.25. The Morgan fingerprint density at radius 1 is 0.931 bits per heavy atom. The molecule has 0 unspecified atom stereocenters. The van der Waals surface area contributed by atoms with Crippen molar-refractivity contribution in [1.82, 2.24) is 10.2 Å². The van der Waals surface area contributed by atoms with Crippen LogP contribution in [0.4, 0.5) is 18.0 Å². The molecule has 0 bridgehead atoms. The second-order valence-electron chi connectivity index (χ2n) is 7.13. The number of hydrogen-bond acceptors (Lipinski definition) is 2. The van der Waals surface area contributed by atoms with E-state index in [4.69, 9.17) is 0 Å². The molecular formula is C22H17F3N2O2. The van der Waals surface area contributed by atoms with Gasteiger partial charge in [0.1, 0.15) is 5.54 Å². The van der Waals surface area contributed by atoms with E-state index in [0.717, 1.165) is 21.7 Å². The van der Waals surface area contributed by atoms with Crippen LogP contribution in [-0.2, 0) is 23.1 Å². The van der Waals surface area contributed by atoms with Gasteiger partial charge in [-0.2, -0.15) is 13.2 Å². The van der Waals surface area contributed by atoms with Crippen molar-refractivity contribution in [3.63, 3.8) is 0 Å². The van der Waals surface area contributed by atoms with Crippen LogP contribution in [0.5, 0.6) is 0 Å². The molecule has 1 aliphatic rings. The number of urea groups is 1. The van der Waals surface area contributed by atoms with Crippen molar-refractivity contribution < 1.29 is 22.8 Å². The summed E-state index contributed by atoms with van der Waals surface area (Å²) in [5.41, 5.74) is -1.77. The lowest BCUT2D eigenvalue weighted by Crippen LogP contribution is -2.41. The first-order valence-electron chi connectivity index (χ1n) is 8.99. The Kier molecular flexibility index (Phi) is 4.33. The number of rotatable bonds is 3. The molecule has 0 radical (unpaired) electrons. The number of carbonyl (C=O) groups is 2. The molecule has 4 rings (SSSR count). The Hall–Kier alpha value is -3.35. The average molecular weight is 398 g/mol. The van der Waals surface area contributed by atoms with Crippen molar-refractivity contribution in [3.05, 3.63) is 83.4 Å². The number of imide groups is 1. The highest BCUT2D eigenvalue weighted by molar-refractivity contribution is 6.09. The van der Waals surface area contributed by atoms with E-state index in [2.05, 4.69) is 5.32 Å². The zero-order chi connectivity index (χ0) is 20.8. The molecule has 3 aromatic carbocycles. The van der Waals surface area contributed by atoms with Gasteiger partial charge in [0, 0.05) is 0 Å². The van der Waals surface area contributed by atoms with Gasteiger partial charge in [0.25, 0.3) is 5.91 Å². The molecule has 148 valence electrons. The van der Waals surface area contributed by atoms with E-state index in [-0.39, 0.29) is 5.56 Å². The minimum absolute atomic E-state index is 0.134. The molecule has 1 saturated heterocycles. The zero-order valence-corrected chi connectivity index (χ0v) is 15.5. The summed E-state index contributed by atoms with van der Waals surface area (Å²) >= 11 is 0. The van der Waals surface area contributed by atoms with Crippen LogP contribution in [0.3, 0.4) is 0 Å². The fourth-order valence-electron chi connectivity index (χ4n) is 3.79. The maximum atomic E-state index is 13.3. The number of hydrogen-bond donors (Lipinski definition) is 1. The molecular weight excluding hydrogens is 381 g/mol. The summed E-state index contributed by atoms with van der Waals surface area (Å²) < 4.78 is 39.9. The van der Waals surface area contributed by atoms with Gasteiger partial charge in [-0.25, -0.2) is 4.79 Å². The van der Waals surface area contributed by atoms with E-state index in [1.807, 2.05) is 30.3 Å². The van der Waals surface area contributed by atoms with Crippen molar-refractivity contribution >= 4 is 22.7 Å². The van der Waals surface area contributed by atoms with Crippen molar-refractivity contribution in [2.45, 2.75) is 25.2 Å². The van der Waals surface area contributed by atoms with Gasteiger partial charge in [0.2, 0.25) is 0 Å². The molecule has 29 heavy (non-hydrogen) atoms. The van der Waals surface area contributed by atoms with E-state index in [0.29, 0.717) is 5.56 Å². The van der Waals surface area contributed by atoms with E-state index >= 15 is 0 Å². The fourth-order valence-corrected chi connectivity index (χ4v) is 3.79. The number of alkyl halides is 3. The van der Waals surface area contributed by atoms with Gasteiger partial charge >= 0.3 is 12.2 Å². The highest BCUT2D eigenvalue weighted by atomic mass is 19.4. The normalized spacial score (nSPS) is 19.7. The van der Waals surface area contributed by atoms with E-state index in [1.165, 1.54) is 18.2 Å². The molecule has 7 heteroatoms. The summed E-state index contributed by atoms with van der Waals surface area (Å²) in [5, 5.41) is 4.37. The van der Waals surface area contributed by atoms with Gasteiger partial charge in [0.05, 0.1) is 12.1 Å². The number of fused-ring (bicyclic) bond motifs is 1. The standard InChI is InChI=1S/C22H17F3N2O2/c1-21(18-12-6-9-14-7-2-4-10-16(14)18)19(28)27(20(29)26-21)13-15-8-3-5-11-17(15)22(23,24)25/h2-12H,13H2,1H3,(H,26,29)/t21-/m1/s1. The second kappa shape index (κ2) is 6.62. The maximum Gasteiger partial charge on any atom is 0.416 e. The number of nitrogens with zero attached hydrogens (tertiary/aromatic N) is 1. The molecule has 1 heterocycles. The van der Waals surface area contributed by atoms with Gasteiger partial charge in [-0.3, -0.25) is 9.69 Å². The van der Waals surface area contributed by atoms with Crippen molar-refractivity contribution in [1.29, 1.82) is 0 Å². The van der Waals surface area contributed by atoms with Gasteiger partial charge in [0.15, 0.2) is 0 Å². The van der Waals surface area contributed by atoms with Crippen LogP contribution < -0.4 is 5.32 Å². The number of amides is 3. The molecule has 1 fully saturated rings. The quantitative estimate of drug-likeness (QED) is 0.643. The first-order chi connectivity index (χ1) is 13.7. The Bertz CT molecular complexity index is 1120. The van der Waals surface area contributed by atoms with Gasteiger partial charge in [-0.1, -0.05) is 60.7 Å². The van der Waals surface area contributed by atoms with Crippen LogP contribution >= 0.6 is 0 Å². The lowest BCUT2D eigenvalue weighted by Gasteiger charge is -2.24. The number of carbonyl (C=O) groups excluding carboxylic acids is 2. The van der Waals surface area contributed by atoms with E-state index < -0.39 is 35.8 Å². The van der Waals surface area contributed by atoms with E-state index in [9.17, 15) is 22.8 Å². The number of benzene rings is 3. The van der Waals surface area contributed by atoms with Gasteiger partial charge in [-0.05, 0) is 34.9 Å². The first-order valence-corrected chi connectivity index (χ1v) is 8.99. The van der Waals surface area contributed by atoms with Crippen LogP contribution in [0.1, 0.15) is 23.6 Å². The largest absolute Gasteiger partial charge is 0.416 e. The predicted molar refractivity (Wildman–Crippen MR) is 102 cm³/mol. The summed E-state index contributed by atoms with van der Waals surface area (Å²) in [4.78, 5) is 26.6. The molecule has 4 nitrogen and oxygen atoms in total. The Morgan fingerprint density at radius 3 is 2.34 bits per heavy atom. The topological polar surface area (TPSA) is 49.4 Å². The van der Waals surface area contributed by atoms with Crippen LogP contribution in [0, 0.1) is 0 Å². The third kappa shape index (κ3) is 3.12. The second-order valence-corrected chi connectivity index (χ2v) is 7.13.